The molecule has 112 valence electrons. The molecule has 0 bridgehead atoms. The van der Waals surface area contributed by atoms with Crippen LogP contribution in [0.5, 0.6) is 5.75 Å². The lowest BCUT2D eigenvalue weighted by atomic mass is 10.2. The lowest BCUT2D eigenvalue weighted by Crippen LogP contribution is -2.04. The molecule has 21 heavy (non-hydrogen) atoms. The Morgan fingerprint density at radius 3 is 2.86 bits per heavy atom. The Hall–Kier alpha value is -2.44. The van der Waals surface area contributed by atoms with E-state index >= 15 is 0 Å². The van der Waals surface area contributed by atoms with Gasteiger partial charge in [0.2, 0.25) is 11.7 Å². The highest BCUT2D eigenvalue weighted by atomic mass is 19.3. The van der Waals surface area contributed by atoms with Crippen molar-refractivity contribution >= 4 is 5.97 Å². The molecule has 0 unspecified atom stereocenters. The van der Waals surface area contributed by atoms with Crippen molar-refractivity contribution in [3.63, 3.8) is 0 Å². The van der Waals surface area contributed by atoms with Crippen LogP contribution in [0.25, 0.3) is 11.5 Å². The summed E-state index contributed by atoms with van der Waals surface area (Å²) in [4.78, 5) is 15.7. The predicted molar refractivity (Wildman–Crippen MR) is 69.3 cm³/mol. The number of rotatable bonds is 5. The summed E-state index contributed by atoms with van der Waals surface area (Å²) in [5.41, 5.74) is 0.787. The van der Waals surface area contributed by atoms with E-state index in [0.717, 1.165) is 0 Å². The standard InChI is InChI=1S/C14H13F2NO4/c1-3-19-13(18)11-8(2)17-12(21-11)9-5-4-6-10(7-9)20-14(15)16/h4-7,14H,3H2,1-2H3. The number of aromatic nitrogens is 1. The number of ether oxygens (including phenoxy) is 2. The topological polar surface area (TPSA) is 61.6 Å². The molecular weight excluding hydrogens is 284 g/mol. The second-order valence-electron chi connectivity index (χ2n) is 4.06. The number of oxazole rings is 1. The first-order valence-corrected chi connectivity index (χ1v) is 6.21. The third-order valence-electron chi connectivity index (χ3n) is 2.56. The quantitative estimate of drug-likeness (QED) is 0.791. The van der Waals surface area contributed by atoms with Crippen LogP contribution in [0.3, 0.4) is 0 Å². The van der Waals surface area contributed by atoms with Gasteiger partial charge in [-0.15, -0.1) is 0 Å². The molecule has 0 amide bonds. The zero-order valence-electron chi connectivity index (χ0n) is 11.4. The molecule has 2 rings (SSSR count). The molecule has 0 radical (unpaired) electrons. The Balaban J connectivity index is 2.30. The molecule has 0 spiro atoms. The summed E-state index contributed by atoms with van der Waals surface area (Å²) in [5, 5.41) is 0. The van der Waals surface area contributed by atoms with Crippen LogP contribution in [-0.2, 0) is 4.74 Å². The summed E-state index contributed by atoms with van der Waals surface area (Å²) in [6, 6.07) is 5.87. The minimum Gasteiger partial charge on any atom is -0.460 e. The van der Waals surface area contributed by atoms with Crippen LogP contribution in [0.2, 0.25) is 0 Å². The highest BCUT2D eigenvalue weighted by molar-refractivity contribution is 5.87. The zero-order valence-corrected chi connectivity index (χ0v) is 11.4. The van der Waals surface area contributed by atoms with Gasteiger partial charge in [0.15, 0.2) is 0 Å². The third kappa shape index (κ3) is 3.56. The molecular formula is C14H13F2NO4. The molecule has 1 aromatic heterocycles. The van der Waals surface area contributed by atoms with Crippen molar-refractivity contribution in [2.24, 2.45) is 0 Å². The van der Waals surface area contributed by atoms with Gasteiger partial charge in [-0.1, -0.05) is 6.07 Å². The second kappa shape index (κ2) is 6.34. The Labute approximate surface area is 119 Å². The van der Waals surface area contributed by atoms with Crippen LogP contribution in [0.1, 0.15) is 23.2 Å². The number of nitrogens with zero attached hydrogens (tertiary/aromatic N) is 1. The molecule has 0 aliphatic carbocycles. The van der Waals surface area contributed by atoms with Gasteiger partial charge in [-0.2, -0.15) is 8.78 Å². The SMILES string of the molecule is CCOC(=O)c1oc(-c2cccc(OC(F)F)c2)nc1C. The maximum Gasteiger partial charge on any atom is 0.387 e. The van der Waals surface area contributed by atoms with E-state index in [9.17, 15) is 13.6 Å². The van der Waals surface area contributed by atoms with Crippen LogP contribution < -0.4 is 4.74 Å². The van der Waals surface area contributed by atoms with E-state index in [2.05, 4.69) is 9.72 Å². The van der Waals surface area contributed by atoms with Gasteiger partial charge in [-0.3, -0.25) is 0 Å². The van der Waals surface area contributed by atoms with Gasteiger partial charge in [-0.25, -0.2) is 9.78 Å². The highest BCUT2D eigenvalue weighted by Crippen LogP contribution is 2.26. The predicted octanol–water partition coefficient (Wildman–Crippen LogP) is 3.43. The van der Waals surface area contributed by atoms with E-state index in [1.165, 1.54) is 18.2 Å². The van der Waals surface area contributed by atoms with Crippen LogP contribution in [0.15, 0.2) is 28.7 Å². The number of alkyl halides is 2. The Kier molecular flexibility index (Phi) is 4.52. The maximum absolute atomic E-state index is 12.2. The summed E-state index contributed by atoms with van der Waals surface area (Å²) >= 11 is 0. The first-order valence-electron chi connectivity index (χ1n) is 6.21. The van der Waals surface area contributed by atoms with Gasteiger partial charge < -0.3 is 13.9 Å². The first kappa shape index (κ1) is 15.0. The summed E-state index contributed by atoms with van der Waals surface area (Å²) in [6.45, 7) is 0.571. The molecule has 0 aliphatic heterocycles. The minimum atomic E-state index is -2.92. The fourth-order valence-corrected chi connectivity index (χ4v) is 1.71. The number of benzene rings is 1. The number of esters is 1. The fraction of sp³-hybridized carbons (Fsp3) is 0.286. The number of aryl methyl sites for hydroxylation is 1. The smallest absolute Gasteiger partial charge is 0.387 e. The second-order valence-corrected chi connectivity index (χ2v) is 4.06. The van der Waals surface area contributed by atoms with Crippen LogP contribution >= 0.6 is 0 Å². The van der Waals surface area contributed by atoms with Gasteiger partial charge in [0, 0.05) is 5.56 Å². The Bertz CT molecular complexity index is 640. The van der Waals surface area contributed by atoms with Crippen molar-refractivity contribution in [2.45, 2.75) is 20.5 Å². The van der Waals surface area contributed by atoms with Crippen molar-refractivity contribution in [3.8, 4) is 17.2 Å². The number of carbonyl (C=O) groups excluding carboxylic acids is 1. The maximum atomic E-state index is 12.2. The molecule has 1 heterocycles. The lowest BCUT2D eigenvalue weighted by Gasteiger charge is -2.04. The first-order chi connectivity index (χ1) is 10.0. The number of hydrogen-bond acceptors (Lipinski definition) is 5. The summed E-state index contributed by atoms with van der Waals surface area (Å²) in [6.07, 6.45) is 0. The Morgan fingerprint density at radius 2 is 2.19 bits per heavy atom. The molecule has 7 heteroatoms. The van der Waals surface area contributed by atoms with Crippen LogP contribution in [0.4, 0.5) is 8.78 Å². The molecule has 0 aliphatic rings. The number of carbonyl (C=O) groups is 1. The fourth-order valence-electron chi connectivity index (χ4n) is 1.71. The monoisotopic (exact) mass is 297 g/mol. The molecule has 0 saturated heterocycles. The van der Waals surface area contributed by atoms with E-state index in [-0.39, 0.29) is 24.0 Å². The van der Waals surface area contributed by atoms with Gasteiger partial charge in [-0.05, 0) is 32.0 Å². The van der Waals surface area contributed by atoms with Crippen molar-refractivity contribution in [1.29, 1.82) is 0 Å². The third-order valence-corrected chi connectivity index (χ3v) is 2.56. The van der Waals surface area contributed by atoms with Crippen molar-refractivity contribution < 1.29 is 27.5 Å². The molecule has 0 atom stereocenters. The van der Waals surface area contributed by atoms with Crippen molar-refractivity contribution in [3.05, 3.63) is 35.7 Å². The van der Waals surface area contributed by atoms with Gasteiger partial charge in [0.25, 0.3) is 0 Å². The van der Waals surface area contributed by atoms with Crippen LogP contribution in [-0.4, -0.2) is 24.2 Å². The highest BCUT2D eigenvalue weighted by Gasteiger charge is 2.19. The number of hydrogen-bond donors (Lipinski definition) is 0. The van der Waals surface area contributed by atoms with E-state index in [1.54, 1.807) is 19.9 Å². The normalized spacial score (nSPS) is 10.7. The lowest BCUT2D eigenvalue weighted by molar-refractivity contribution is -0.0498. The molecule has 1 aromatic carbocycles. The largest absolute Gasteiger partial charge is 0.460 e. The van der Waals surface area contributed by atoms with E-state index < -0.39 is 12.6 Å². The summed E-state index contributed by atoms with van der Waals surface area (Å²) in [5.74, 6) is -0.507. The van der Waals surface area contributed by atoms with Crippen molar-refractivity contribution in [2.75, 3.05) is 6.61 Å². The number of halogens is 2. The average molecular weight is 297 g/mol. The molecule has 2 aromatic rings. The molecule has 0 saturated carbocycles. The minimum absolute atomic E-state index is 0.00738. The van der Waals surface area contributed by atoms with Gasteiger partial charge in [0.1, 0.15) is 5.75 Å². The van der Waals surface area contributed by atoms with E-state index in [1.807, 2.05) is 0 Å². The van der Waals surface area contributed by atoms with E-state index in [0.29, 0.717) is 11.3 Å². The summed E-state index contributed by atoms with van der Waals surface area (Å²) < 4.78 is 38.9. The summed E-state index contributed by atoms with van der Waals surface area (Å²) in [7, 11) is 0. The van der Waals surface area contributed by atoms with Gasteiger partial charge in [0.05, 0.1) is 12.3 Å². The average Bonchev–Trinajstić information content (AvgIpc) is 2.81. The molecule has 5 nitrogen and oxygen atoms in total. The molecule has 0 N–H and O–H groups in total. The zero-order chi connectivity index (χ0) is 15.4. The van der Waals surface area contributed by atoms with Gasteiger partial charge >= 0.3 is 12.6 Å². The van der Waals surface area contributed by atoms with Crippen LogP contribution in [0, 0.1) is 6.92 Å². The Morgan fingerprint density at radius 1 is 1.43 bits per heavy atom. The molecule has 0 fully saturated rings. The van der Waals surface area contributed by atoms with E-state index in [4.69, 9.17) is 9.15 Å². The van der Waals surface area contributed by atoms with Crippen molar-refractivity contribution in [1.82, 2.24) is 4.98 Å².